The molecule has 0 N–H and O–H groups in total. The van der Waals surface area contributed by atoms with Crippen molar-refractivity contribution in [3.05, 3.63) is 60.3 Å². The number of para-hydroxylation sites is 2. The van der Waals surface area contributed by atoms with E-state index < -0.39 is 0 Å². The van der Waals surface area contributed by atoms with E-state index in [4.69, 9.17) is 28.4 Å². The van der Waals surface area contributed by atoms with E-state index in [0.717, 1.165) is 11.3 Å². The van der Waals surface area contributed by atoms with Crippen molar-refractivity contribution in [3.8, 4) is 11.5 Å². The highest BCUT2D eigenvalue weighted by Crippen LogP contribution is 2.30. The summed E-state index contributed by atoms with van der Waals surface area (Å²) in [7, 11) is 0. The third-order valence-corrected chi connectivity index (χ3v) is 3.78. The van der Waals surface area contributed by atoms with E-state index in [1.807, 2.05) is 24.3 Å². The summed E-state index contributed by atoms with van der Waals surface area (Å²) in [6, 6.07) is 7.57. The van der Waals surface area contributed by atoms with Gasteiger partial charge >= 0.3 is 0 Å². The highest BCUT2D eigenvalue weighted by atomic mass is 16.5. The summed E-state index contributed by atoms with van der Waals surface area (Å²) in [6.07, 6.45) is 7.41. The molecule has 0 saturated carbocycles. The summed E-state index contributed by atoms with van der Waals surface area (Å²) in [5.74, 6) is 2.19. The Morgan fingerprint density at radius 1 is 0.692 bits per heavy atom. The van der Waals surface area contributed by atoms with E-state index in [9.17, 15) is 0 Å². The Morgan fingerprint density at radius 2 is 1.42 bits per heavy atom. The minimum atomic E-state index is 0.459. The van der Waals surface area contributed by atoms with Crippen LogP contribution in [0.4, 0.5) is 0 Å². The normalized spacial score (nSPS) is 21.1. The summed E-state index contributed by atoms with van der Waals surface area (Å²) < 4.78 is 33.8. The first kappa shape index (κ1) is 18.5. The van der Waals surface area contributed by atoms with Crippen LogP contribution in [0, 0.1) is 0 Å². The second-order valence-corrected chi connectivity index (χ2v) is 5.69. The summed E-state index contributed by atoms with van der Waals surface area (Å²) >= 11 is 0. The van der Waals surface area contributed by atoms with Crippen LogP contribution in [0.5, 0.6) is 11.5 Å². The molecule has 0 saturated heterocycles. The first-order chi connectivity index (χ1) is 12.9. The van der Waals surface area contributed by atoms with Gasteiger partial charge in [0.2, 0.25) is 0 Å². The highest BCUT2D eigenvalue weighted by Gasteiger charge is 2.17. The largest absolute Gasteiger partial charge is 0.499 e. The third-order valence-electron chi connectivity index (χ3n) is 3.78. The van der Waals surface area contributed by atoms with Crippen LogP contribution in [0.3, 0.4) is 0 Å². The van der Waals surface area contributed by atoms with Gasteiger partial charge in [-0.05, 0) is 24.3 Å². The number of hydrogen-bond acceptors (Lipinski definition) is 6. The lowest BCUT2D eigenvalue weighted by Gasteiger charge is -2.22. The first-order valence-electron chi connectivity index (χ1n) is 8.74. The fourth-order valence-corrected chi connectivity index (χ4v) is 2.48. The van der Waals surface area contributed by atoms with Crippen LogP contribution in [-0.2, 0) is 18.9 Å². The van der Waals surface area contributed by atoms with Crippen LogP contribution in [0.25, 0.3) is 0 Å². The van der Waals surface area contributed by atoms with Gasteiger partial charge in [-0.1, -0.05) is 12.1 Å². The molecule has 0 unspecified atom stereocenters. The van der Waals surface area contributed by atoms with E-state index in [-0.39, 0.29) is 0 Å². The molecule has 0 spiro atoms. The van der Waals surface area contributed by atoms with E-state index in [1.165, 1.54) is 0 Å². The average molecular weight is 360 g/mol. The van der Waals surface area contributed by atoms with Crippen LogP contribution >= 0.6 is 0 Å². The molecular formula is C20H24O6. The lowest BCUT2D eigenvalue weighted by atomic mass is 10.1. The molecule has 6 nitrogen and oxygen atoms in total. The molecule has 2 aliphatic heterocycles. The van der Waals surface area contributed by atoms with Gasteiger partial charge in [0.05, 0.1) is 52.2 Å². The van der Waals surface area contributed by atoms with Crippen molar-refractivity contribution in [2.45, 2.75) is 6.42 Å². The van der Waals surface area contributed by atoms with Crippen molar-refractivity contribution in [2.75, 3.05) is 46.2 Å². The summed E-state index contributed by atoms with van der Waals surface area (Å²) in [5, 5.41) is 0. The Hall–Kier alpha value is -2.28. The Kier molecular flexibility index (Phi) is 7.58. The standard InChI is InChI=1S/C20H24O6/c1-2-6-20-19(5-1)25-9-4-3-8-21-11-12-22-13-14-24-16-17-15-23-10-7-18(17)26-20/h1-6,8-9H,7,10-16H2/b8-3-,9-4?. The molecule has 2 aliphatic rings. The predicted molar refractivity (Wildman–Crippen MR) is 96.0 cm³/mol. The quantitative estimate of drug-likeness (QED) is 0.708. The molecule has 0 aliphatic carbocycles. The van der Waals surface area contributed by atoms with Crippen LogP contribution < -0.4 is 9.47 Å². The van der Waals surface area contributed by atoms with Crippen LogP contribution in [0.2, 0.25) is 0 Å². The van der Waals surface area contributed by atoms with Gasteiger partial charge in [0.1, 0.15) is 12.4 Å². The lowest BCUT2D eigenvalue weighted by molar-refractivity contribution is 0.0307. The fourth-order valence-electron chi connectivity index (χ4n) is 2.48. The van der Waals surface area contributed by atoms with Gasteiger partial charge in [-0.3, -0.25) is 0 Å². The molecule has 0 amide bonds. The van der Waals surface area contributed by atoms with Gasteiger partial charge < -0.3 is 28.4 Å². The zero-order chi connectivity index (χ0) is 17.9. The number of benzene rings is 1. The van der Waals surface area contributed by atoms with E-state index in [1.54, 1.807) is 24.7 Å². The van der Waals surface area contributed by atoms with E-state index in [2.05, 4.69) is 0 Å². The molecule has 26 heavy (non-hydrogen) atoms. The Bertz CT molecular complexity index is 649. The van der Waals surface area contributed by atoms with E-state index in [0.29, 0.717) is 64.2 Å². The molecule has 2 heterocycles. The monoisotopic (exact) mass is 360 g/mol. The predicted octanol–water partition coefficient (Wildman–Crippen LogP) is 3.21. The molecule has 0 aromatic heterocycles. The minimum Gasteiger partial charge on any atom is -0.499 e. The van der Waals surface area contributed by atoms with Crippen molar-refractivity contribution < 1.29 is 28.4 Å². The maximum absolute atomic E-state index is 6.13. The summed E-state index contributed by atoms with van der Waals surface area (Å²) in [5.41, 5.74) is 1.01. The smallest absolute Gasteiger partial charge is 0.169 e. The maximum atomic E-state index is 6.13. The topological polar surface area (TPSA) is 55.4 Å². The van der Waals surface area contributed by atoms with Crippen molar-refractivity contribution in [3.63, 3.8) is 0 Å². The fraction of sp³-hybridized carbons (Fsp3) is 0.400. The van der Waals surface area contributed by atoms with Gasteiger partial charge in [-0.2, -0.15) is 0 Å². The van der Waals surface area contributed by atoms with Crippen LogP contribution in [0.1, 0.15) is 6.42 Å². The second-order valence-electron chi connectivity index (χ2n) is 5.69. The summed E-state index contributed by atoms with van der Waals surface area (Å²) in [4.78, 5) is 0. The zero-order valence-corrected chi connectivity index (χ0v) is 14.7. The maximum Gasteiger partial charge on any atom is 0.169 e. The Morgan fingerprint density at radius 3 is 2.35 bits per heavy atom. The van der Waals surface area contributed by atoms with Crippen LogP contribution in [-0.4, -0.2) is 46.2 Å². The van der Waals surface area contributed by atoms with Crippen molar-refractivity contribution in [2.24, 2.45) is 0 Å². The summed E-state index contributed by atoms with van der Waals surface area (Å²) in [6.45, 7) is 3.64. The molecule has 0 radical (unpaired) electrons. The van der Waals surface area contributed by atoms with Gasteiger partial charge in [0.15, 0.2) is 11.5 Å². The molecular weight excluding hydrogens is 336 g/mol. The highest BCUT2D eigenvalue weighted by molar-refractivity contribution is 5.41. The number of fused-ring (bicyclic) bond motifs is 1. The van der Waals surface area contributed by atoms with E-state index >= 15 is 0 Å². The molecule has 3 rings (SSSR count). The lowest BCUT2D eigenvalue weighted by Crippen LogP contribution is -2.19. The minimum absolute atomic E-state index is 0.459. The second kappa shape index (κ2) is 10.7. The van der Waals surface area contributed by atoms with Gasteiger partial charge in [-0.25, -0.2) is 0 Å². The molecule has 1 aromatic carbocycles. The third kappa shape index (κ3) is 5.91. The first-order valence-corrected chi connectivity index (χ1v) is 8.74. The average Bonchev–Trinajstić information content (AvgIpc) is 2.67. The van der Waals surface area contributed by atoms with Crippen LogP contribution in [0.15, 0.2) is 60.3 Å². The van der Waals surface area contributed by atoms with Crippen molar-refractivity contribution in [1.29, 1.82) is 0 Å². The number of hydrogen-bond donors (Lipinski definition) is 0. The number of allylic oxidation sites excluding steroid dienone is 2. The number of rotatable bonds is 0. The van der Waals surface area contributed by atoms with Gasteiger partial charge in [-0.15, -0.1) is 0 Å². The molecule has 140 valence electrons. The zero-order valence-electron chi connectivity index (χ0n) is 14.7. The molecule has 6 heteroatoms. The van der Waals surface area contributed by atoms with Crippen molar-refractivity contribution >= 4 is 0 Å². The molecule has 0 bridgehead atoms. The molecule has 0 fully saturated rings. The van der Waals surface area contributed by atoms with Gasteiger partial charge in [0.25, 0.3) is 0 Å². The number of ether oxygens (including phenoxy) is 6. The molecule has 1 aromatic rings. The Labute approximate surface area is 153 Å². The molecule has 0 atom stereocenters. The Balaban J connectivity index is 1.76. The van der Waals surface area contributed by atoms with Crippen molar-refractivity contribution in [1.82, 2.24) is 0 Å². The SMILES string of the molecule is C1=COc2ccccc2OC2=C(COCCOCCO/C=C\1)COCC2. The van der Waals surface area contributed by atoms with Gasteiger partial charge in [0, 0.05) is 12.0 Å².